The zero-order chi connectivity index (χ0) is 25.9. The topological polar surface area (TPSA) is 79.8 Å². The maximum Gasteiger partial charge on any atom is 0.251 e. The van der Waals surface area contributed by atoms with E-state index in [1.54, 1.807) is 0 Å². The minimum Gasteiger partial charge on any atom is -0.494 e. The van der Waals surface area contributed by atoms with E-state index >= 15 is 0 Å². The van der Waals surface area contributed by atoms with Crippen LogP contribution in [0.2, 0.25) is 0 Å². The standard InChI is InChI=1S/C31H44N2O4/c1-2-3-4-18-33-31(35)25-10-14-28(15-11-25)37-22-26-21-32-19-16-29(26)23-8-12-27(13-9-23)36-20-17-24-6-5-7-30(24)34/h8-15,24,26,29-30,32,34H,2-7,16-22H2,1H3,(H,33,35)/t24?,26-,29-,30?/m0/s1. The molecule has 1 amide bonds. The minimum atomic E-state index is -0.150. The third kappa shape index (κ3) is 8.21. The molecule has 1 heterocycles. The summed E-state index contributed by atoms with van der Waals surface area (Å²) in [6.45, 7) is 6.09. The van der Waals surface area contributed by atoms with Gasteiger partial charge in [-0.05, 0) is 92.4 Å². The average molecular weight is 509 g/mol. The summed E-state index contributed by atoms with van der Waals surface area (Å²) in [7, 11) is 0. The van der Waals surface area contributed by atoms with Crippen molar-refractivity contribution in [1.82, 2.24) is 10.6 Å². The van der Waals surface area contributed by atoms with Crippen LogP contribution in [0.1, 0.15) is 80.1 Å². The summed E-state index contributed by atoms with van der Waals surface area (Å²) in [6, 6.07) is 16.0. The van der Waals surface area contributed by atoms with E-state index in [4.69, 9.17) is 9.47 Å². The summed E-state index contributed by atoms with van der Waals surface area (Å²) >= 11 is 0. The molecule has 0 bridgehead atoms. The molecule has 1 aliphatic carbocycles. The molecule has 1 saturated heterocycles. The second kappa shape index (κ2) is 14.4. The molecule has 2 aromatic carbocycles. The normalized spacial score (nSPS) is 23.5. The van der Waals surface area contributed by atoms with Crippen molar-refractivity contribution in [2.75, 3.05) is 32.8 Å². The molecule has 37 heavy (non-hydrogen) atoms. The molecule has 4 atom stereocenters. The maximum atomic E-state index is 12.3. The molecule has 2 unspecified atom stereocenters. The zero-order valence-electron chi connectivity index (χ0n) is 22.3. The van der Waals surface area contributed by atoms with Gasteiger partial charge in [-0.2, -0.15) is 0 Å². The van der Waals surface area contributed by atoms with Crippen LogP contribution < -0.4 is 20.1 Å². The number of aliphatic hydroxyl groups is 1. The van der Waals surface area contributed by atoms with E-state index in [1.165, 1.54) is 5.56 Å². The number of ether oxygens (including phenoxy) is 2. The van der Waals surface area contributed by atoms with Gasteiger partial charge >= 0.3 is 0 Å². The fraction of sp³-hybridized carbons (Fsp3) is 0.581. The number of hydrogen-bond acceptors (Lipinski definition) is 5. The molecule has 6 heteroatoms. The third-order valence-corrected chi connectivity index (χ3v) is 7.94. The van der Waals surface area contributed by atoms with Crippen molar-refractivity contribution in [1.29, 1.82) is 0 Å². The molecule has 2 aromatic rings. The number of hydrogen-bond donors (Lipinski definition) is 3. The molecule has 0 spiro atoms. The van der Waals surface area contributed by atoms with Gasteiger partial charge in [-0.15, -0.1) is 0 Å². The quantitative estimate of drug-likeness (QED) is 0.320. The number of amides is 1. The molecule has 0 aromatic heterocycles. The fourth-order valence-corrected chi connectivity index (χ4v) is 5.62. The number of aliphatic hydroxyl groups excluding tert-OH is 1. The molecule has 1 aliphatic heterocycles. The number of rotatable bonds is 13. The molecular formula is C31H44N2O4. The molecular weight excluding hydrogens is 464 g/mol. The van der Waals surface area contributed by atoms with E-state index in [0.29, 0.717) is 36.5 Å². The van der Waals surface area contributed by atoms with Gasteiger partial charge < -0.3 is 25.2 Å². The van der Waals surface area contributed by atoms with Gasteiger partial charge in [0.25, 0.3) is 5.91 Å². The van der Waals surface area contributed by atoms with E-state index in [0.717, 1.165) is 82.5 Å². The monoisotopic (exact) mass is 508 g/mol. The second-order valence-electron chi connectivity index (χ2n) is 10.6. The van der Waals surface area contributed by atoms with Crippen molar-refractivity contribution in [2.45, 2.75) is 70.3 Å². The molecule has 0 radical (unpaired) electrons. The van der Waals surface area contributed by atoms with Crippen LogP contribution in [0.3, 0.4) is 0 Å². The fourth-order valence-electron chi connectivity index (χ4n) is 5.62. The van der Waals surface area contributed by atoms with Crippen LogP contribution in [0, 0.1) is 11.8 Å². The molecule has 3 N–H and O–H groups in total. The van der Waals surface area contributed by atoms with Crippen LogP contribution in [-0.2, 0) is 0 Å². The summed E-state index contributed by atoms with van der Waals surface area (Å²) in [5, 5.41) is 16.5. The second-order valence-corrected chi connectivity index (χ2v) is 10.6. The van der Waals surface area contributed by atoms with Gasteiger partial charge in [-0.25, -0.2) is 0 Å². The van der Waals surface area contributed by atoms with E-state index in [9.17, 15) is 9.90 Å². The van der Waals surface area contributed by atoms with Crippen LogP contribution in [0.25, 0.3) is 0 Å². The number of carbonyl (C=O) groups is 1. The predicted molar refractivity (Wildman–Crippen MR) is 147 cm³/mol. The van der Waals surface area contributed by atoms with Crippen molar-refractivity contribution in [2.24, 2.45) is 11.8 Å². The van der Waals surface area contributed by atoms with Crippen molar-refractivity contribution in [3.05, 3.63) is 59.7 Å². The van der Waals surface area contributed by atoms with Crippen molar-refractivity contribution >= 4 is 5.91 Å². The Balaban J connectivity index is 1.24. The number of nitrogens with one attached hydrogen (secondary N) is 2. The summed E-state index contributed by atoms with van der Waals surface area (Å²) in [6.07, 6.45) is 8.31. The predicted octanol–water partition coefficient (Wildman–Crippen LogP) is 5.31. The van der Waals surface area contributed by atoms with Crippen molar-refractivity contribution < 1.29 is 19.4 Å². The Bertz CT molecular complexity index is 947. The Morgan fingerprint density at radius 2 is 1.73 bits per heavy atom. The van der Waals surface area contributed by atoms with Crippen LogP contribution in [0.15, 0.2) is 48.5 Å². The minimum absolute atomic E-state index is 0.0252. The molecule has 2 fully saturated rings. The molecule has 6 nitrogen and oxygen atoms in total. The first kappa shape index (κ1) is 27.5. The van der Waals surface area contributed by atoms with E-state index in [1.807, 2.05) is 24.3 Å². The summed E-state index contributed by atoms with van der Waals surface area (Å²) in [4.78, 5) is 12.3. The Kier molecular flexibility index (Phi) is 10.7. The summed E-state index contributed by atoms with van der Waals surface area (Å²) < 4.78 is 12.1. The Morgan fingerprint density at radius 3 is 2.46 bits per heavy atom. The highest BCUT2D eigenvalue weighted by Crippen LogP contribution is 2.32. The molecule has 4 rings (SSSR count). The number of benzene rings is 2. The van der Waals surface area contributed by atoms with Crippen LogP contribution in [0.5, 0.6) is 11.5 Å². The lowest BCUT2D eigenvalue weighted by atomic mass is 9.81. The maximum absolute atomic E-state index is 12.3. The van der Waals surface area contributed by atoms with Crippen LogP contribution in [-0.4, -0.2) is 50.0 Å². The van der Waals surface area contributed by atoms with Gasteiger partial charge in [-0.3, -0.25) is 4.79 Å². The highest BCUT2D eigenvalue weighted by molar-refractivity contribution is 5.94. The summed E-state index contributed by atoms with van der Waals surface area (Å²) in [5.74, 6) is 2.85. The first-order chi connectivity index (χ1) is 18.1. The first-order valence-corrected chi connectivity index (χ1v) is 14.3. The van der Waals surface area contributed by atoms with Crippen LogP contribution in [0.4, 0.5) is 0 Å². The van der Waals surface area contributed by atoms with Gasteiger partial charge in [0.15, 0.2) is 0 Å². The average Bonchev–Trinajstić information content (AvgIpc) is 3.35. The van der Waals surface area contributed by atoms with E-state index in [2.05, 4.69) is 41.8 Å². The highest BCUT2D eigenvalue weighted by Gasteiger charge is 2.27. The Morgan fingerprint density at radius 1 is 0.973 bits per heavy atom. The van der Waals surface area contributed by atoms with Gasteiger partial charge in [-0.1, -0.05) is 38.3 Å². The molecule has 1 saturated carbocycles. The third-order valence-electron chi connectivity index (χ3n) is 7.94. The lowest BCUT2D eigenvalue weighted by Crippen LogP contribution is -2.38. The first-order valence-electron chi connectivity index (χ1n) is 14.3. The van der Waals surface area contributed by atoms with E-state index < -0.39 is 0 Å². The largest absolute Gasteiger partial charge is 0.494 e. The number of unbranched alkanes of at least 4 members (excludes halogenated alkanes) is 2. The zero-order valence-corrected chi connectivity index (χ0v) is 22.3. The van der Waals surface area contributed by atoms with Gasteiger partial charge in [0.1, 0.15) is 11.5 Å². The van der Waals surface area contributed by atoms with Crippen LogP contribution >= 0.6 is 0 Å². The SMILES string of the molecule is CCCCCNC(=O)c1ccc(OC[C@@H]2CNCC[C@H]2c2ccc(OCCC3CCCC3O)cc2)cc1. The molecule has 2 aliphatic rings. The highest BCUT2D eigenvalue weighted by atomic mass is 16.5. The lowest BCUT2D eigenvalue weighted by molar-refractivity contribution is 0.0953. The van der Waals surface area contributed by atoms with Gasteiger partial charge in [0.05, 0.1) is 19.3 Å². The Hall–Kier alpha value is -2.57. The smallest absolute Gasteiger partial charge is 0.251 e. The van der Waals surface area contributed by atoms with Crippen molar-refractivity contribution in [3.8, 4) is 11.5 Å². The number of carbonyl (C=O) groups excluding carboxylic acids is 1. The van der Waals surface area contributed by atoms with Gasteiger partial charge in [0.2, 0.25) is 0 Å². The lowest BCUT2D eigenvalue weighted by Gasteiger charge is -2.32. The van der Waals surface area contributed by atoms with E-state index in [-0.39, 0.29) is 12.0 Å². The van der Waals surface area contributed by atoms with Gasteiger partial charge in [0, 0.05) is 24.6 Å². The molecule has 202 valence electrons. The Labute approximate surface area is 222 Å². The van der Waals surface area contributed by atoms with Crippen molar-refractivity contribution in [3.63, 3.8) is 0 Å². The number of piperidine rings is 1. The summed E-state index contributed by atoms with van der Waals surface area (Å²) in [5.41, 5.74) is 1.99.